The molecule has 0 spiro atoms. The van der Waals surface area contributed by atoms with Crippen LogP contribution in [0.5, 0.6) is 0 Å². The van der Waals surface area contributed by atoms with E-state index in [9.17, 15) is 48.6 Å². The number of aliphatic hydroxyl groups excluding tert-OH is 3. The number of nitrogens with zero attached hydrogens (tertiary/aromatic N) is 2. The second kappa shape index (κ2) is 41.9. The summed E-state index contributed by atoms with van der Waals surface area (Å²) in [5.74, 6) is -1.53. The highest BCUT2D eigenvalue weighted by Gasteiger charge is 2.46. The molecule has 7 N–H and O–H groups in total. The summed E-state index contributed by atoms with van der Waals surface area (Å²) in [6, 6.07) is 1.24. The lowest BCUT2D eigenvalue weighted by Gasteiger charge is -2.21. The van der Waals surface area contributed by atoms with Crippen molar-refractivity contribution in [3.8, 4) is 0 Å². The van der Waals surface area contributed by atoms with Crippen molar-refractivity contribution in [3.05, 3.63) is 108 Å². The Morgan fingerprint density at radius 3 is 1.84 bits per heavy atom. The van der Waals surface area contributed by atoms with Gasteiger partial charge < -0.3 is 45.1 Å². The molecule has 1 aliphatic heterocycles. The number of anilines is 1. The SMILES string of the molecule is CCCCC/C=C\C/C=C\C/C=C\C=C\[C@H](O)CCCC(=O)O[C@H](COC(=O)CCCCCCCC/C=C\C/C=C\C/C=C\CCCCCC)COP(=O)(O)OP(=O)(O)OC[C@H]1O[C@@H](n2ccc(N)nc2=O)[C@H](O)[C@@H]1O. The molecule has 0 aliphatic carbocycles. The summed E-state index contributed by atoms with van der Waals surface area (Å²) in [5, 5.41) is 31.3. The summed E-state index contributed by atoms with van der Waals surface area (Å²) in [5.41, 5.74) is 4.57. The van der Waals surface area contributed by atoms with Crippen LogP contribution in [0.4, 0.5) is 5.82 Å². The fourth-order valence-corrected chi connectivity index (χ4v) is 9.65. The minimum atomic E-state index is -5.48. The lowest BCUT2D eigenvalue weighted by atomic mass is 10.1. The first kappa shape index (κ1) is 68.0. The number of esters is 2. The van der Waals surface area contributed by atoms with Gasteiger partial charge in [0, 0.05) is 19.0 Å². The van der Waals surface area contributed by atoms with Gasteiger partial charge >= 0.3 is 33.3 Å². The van der Waals surface area contributed by atoms with Gasteiger partial charge in [-0.25, -0.2) is 13.9 Å². The third-order valence-electron chi connectivity index (χ3n) is 11.8. The third kappa shape index (κ3) is 33.9. The Balaban J connectivity index is 1.84. The molecule has 2 unspecified atom stereocenters. The molecule has 2 heterocycles. The normalized spacial score (nSPS) is 19.8. The second-order valence-electron chi connectivity index (χ2n) is 18.6. The average Bonchev–Trinajstić information content (AvgIpc) is 3.65. The lowest BCUT2D eigenvalue weighted by Crippen LogP contribution is -2.36. The summed E-state index contributed by atoms with van der Waals surface area (Å²) in [4.78, 5) is 62.1. The molecular formula is C55H89N3O16P2. The maximum Gasteiger partial charge on any atom is 0.481 e. The van der Waals surface area contributed by atoms with E-state index in [-0.39, 0.29) is 31.5 Å². The van der Waals surface area contributed by atoms with Gasteiger partial charge in [-0.2, -0.15) is 9.29 Å². The van der Waals surface area contributed by atoms with Gasteiger partial charge in [0.2, 0.25) is 0 Å². The highest BCUT2D eigenvalue weighted by Crippen LogP contribution is 2.60. The van der Waals surface area contributed by atoms with Crippen molar-refractivity contribution in [2.75, 3.05) is 25.6 Å². The predicted octanol–water partition coefficient (Wildman–Crippen LogP) is 10.8. The number of nitrogen functional groups attached to an aromatic ring is 1. The number of phosphoric ester groups is 2. The number of hydrogen-bond donors (Lipinski definition) is 6. The van der Waals surface area contributed by atoms with E-state index >= 15 is 0 Å². The Labute approximate surface area is 450 Å². The molecule has 1 aromatic heterocycles. The zero-order valence-electron chi connectivity index (χ0n) is 44.9. The number of allylic oxidation sites excluding steroid dienone is 13. The molecule has 0 radical (unpaired) electrons. The van der Waals surface area contributed by atoms with Crippen molar-refractivity contribution in [1.82, 2.24) is 9.55 Å². The molecule has 8 atom stereocenters. The largest absolute Gasteiger partial charge is 0.481 e. The van der Waals surface area contributed by atoms with Gasteiger partial charge in [0.1, 0.15) is 30.7 Å². The van der Waals surface area contributed by atoms with Crippen LogP contribution in [0.25, 0.3) is 0 Å². The number of carbonyl (C=O) groups is 2. The van der Waals surface area contributed by atoms with Crippen molar-refractivity contribution >= 4 is 33.4 Å². The van der Waals surface area contributed by atoms with Crippen LogP contribution in [-0.2, 0) is 46.3 Å². The molecule has 1 aromatic rings. The van der Waals surface area contributed by atoms with Crippen LogP contribution >= 0.6 is 15.6 Å². The second-order valence-corrected chi connectivity index (χ2v) is 21.6. The van der Waals surface area contributed by atoms with Crippen LogP contribution in [0.3, 0.4) is 0 Å². The van der Waals surface area contributed by atoms with Gasteiger partial charge in [0.15, 0.2) is 12.3 Å². The fraction of sp³-hybridized carbons (Fsp3) is 0.636. The maximum absolute atomic E-state index is 12.9. The Morgan fingerprint density at radius 1 is 0.697 bits per heavy atom. The van der Waals surface area contributed by atoms with E-state index < -0.39 is 89.8 Å². The van der Waals surface area contributed by atoms with Gasteiger partial charge in [-0.05, 0) is 89.5 Å². The highest BCUT2D eigenvalue weighted by atomic mass is 31.3. The van der Waals surface area contributed by atoms with Crippen LogP contribution in [0.1, 0.15) is 174 Å². The van der Waals surface area contributed by atoms with E-state index in [1.165, 1.54) is 51.0 Å². The number of aliphatic hydroxyl groups is 3. The van der Waals surface area contributed by atoms with Crippen molar-refractivity contribution in [2.24, 2.45) is 0 Å². The maximum atomic E-state index is 12.9. The van der Waals surface area contributed by atoms with Crippen molar-refractivity contribution in [3.63, 3.8) is 0 Å². The molecule has 19 nitrogen and oxygen atoms in total. The average molecular weight is 1110 g/mol. The molecule has 0 aromatic carbocycles. The summed E-state index contributed by atoms with van der Waals surface area (Å²) < 4.78 is 56.7. The first-order chi connectivity index (χ1) is 36.6. The Morgan fingerprint density at radius 2 is 1.22 bits per heavy atom. The highest BCUT2D eigenvalue weighted by molar-refractivity contribution is 7.61. The number of hydrogen-bond acceptors (Lipinski definition) is 16. The van der Waals surface area contributed by atoms with Crippen LogP contribution in [0.2, 0.25) is 0 Å². The quantitative estimate of drug-likeness (QED) is 0.0116. The van der Waals surface area contributed by atoms with E-state index in [1.807, 2.05) is 12.2 Å². The molecule has 76 heavy (non-hydrogen) atoms. The van der Waals surface area contributed by atoms with Gasteiger partial charge in [-0.15, -0.1) is 0 Å². The topological polar surface area (TPSA) is 286 Å². The summed E-state index contributed by atoms with van der Waals surface area (Å²) >= 11 is 0. The zero-order valence-corrected chi connectivity index (χ0v) is 46.7. The lowest BCUT2D eigenvalue weighted by molar-refractivity contribution is -0.161. The number of aromatic nitrogens is 2. The van der Waals surface area contributed by atoms with E-state index in [2.05, 4.69) is 83.9 Å². The molecular weight excluding hydrogens is 1020 g/mol. The van der Waals surface area contributed by atoms with E-state index in [0.717, 1.165) is 87.8 Å². The Kier molecular flexibility index (Phi) is 37.5. The van der Waals surface area contributed by atoms with Gasteiger partial charge in [-0.1, -0.05) is 157 Å². The monoisotopic (exact) mass is 1110 g/mol. The number of ether oxygens (including phenoxy) is 3. The molecule has 0 bridgehead atoms. The molecule has 0 amide bonds. The molecule has 1 aliphatic rings. The predicted molar refractivity (Wildman–Crippen MR) is 294 cm³/mol. The number of rotatable bonds is 44. The molecule has 0 saturated carbocycles. The van der Waals surface area contributed by atoms with Crippen LogP contribution < -0.4 is 11.4 Å². The van der Waals surface area contributed by atoms with E-state index in [1.54, 1.807) is 12.2 Å². The Hall–Kier alpha value is -4.10. The molecule has 21 heteroatoms. The smallest absolute Gasteiger partial charge is 0.462 e. The minimum absolute atomic E-state index is 0.0676. The minimum Gasteiger partial charge on any atom is -0.462 e. The summed E-state index contributed by atoms with van der Waals surface area (Å²) in [6.07, 6.45) is 42.4. The molecule has 1 saturated heterocycles. The number of carbonyl (C=O) groups excluding carboxylic acids is 2. The first-order valence-electron chi connectivity index (χ1n) is 27.2. The van der Waals surface area contributed by atoms with Gasteiger partial charge in [0.25, 0.3) is 0 Å². The van der Waals surface area contributed by atoms with Crippen molar-refractivity contribution < 1.29 is 71.4 Å². The molecule has 1 fully saturated rings. The number of phosphoric acid groups is 2. The summed E-state index contributed by atoms with van der Waals surface area (Å²) in [7, 11) is -11.0. The molecule has 2 rings (SSSR count). The van der Waals surface area contributed by atoms with Crippen LogP contribution in [0.15, 0.2) is 102 Å². The van der Waals surface area contributed by atoms with E-state index in [0.29, 0.717) is 6.42 Å². The standard InChI is InChI=1S/C55H89N3O16P2/c1-3-5-7-9-11-13-15-17-18-19-20-21-22-23-25-27-29-31-33-35-39-50(60)69-43-47(72-51(61)40-36-38-46(59)37-34-32-30-28-26-24-16-14-12-10-8-6-4-2)44-70-75(65,66)74-76(67,68)71-45-48-52(62)53(63)54(73-48)58-42-41-49(56)57-55(58)64/h12-15,18-19,21-22,24,26,30,32,34,37,41-42,46-48,52-54,59,62-63H,3-11,16-17,20,23,25,27-29,31,33,35-36,38-40,43-45H2,1-2H3,(H,65,66)(H,67,68)(H2,56,57,64)/b14-12-,15-13-,19-18-,22-21-,26-24-,32-30-,37-34+/t46-,47+,48+,52+,53+,54+/m0/s1. The number of nitrogens with two attached hydrogens (primary N) is 1. The molecule has 430 valence electrons. The Bertz CT molecular complexity index is 2120. The number of unbranched alkanes of at least 4 members (excludes halogenated alkanes) is 13. The van der Waals surface area contributed by atoms with Crippen molar-refractivity contribution in [2.45, 2.75) is 205 Å². The van der Waals surface area contributed by atoms with Gasteiger partial charge in [-0.3, -0.25) is 23.2 Å². The first-order valence-corrected chi connectivity index (χ1v) is 30.2. The van der Waals surface area contributed by atoms with Crippen molar-refractivity contribution in [1.29, 1.82) is 0 Å². The third-order valence-corrected chi connectivity index (χ3v) is 14.4. The zero-order chi connectivity index (χ0) is 55.7. The van der Waals surface area contributed by atoms with E-state index in [4.69, 9.17) is 29.0 Å². The summed E-state index contributed by atoms with van der Waals surface area (Å²) in [6.45, 7) is 1.91. The van der Waals surface area contributed by atoms with Gasteiger partial charge in [0.05, 0.1) is 19.3 Å². The fourth-order valence-electron chi connectivity index (χ4n) is 7.54. The van der Waals surface area contributed by atoms with Crippen LogP contribution in [-0.4, -0.2) is 96.9 Å². The van der Waals surface area contributed by atoms with Crippen LogP contribution in [0, 0.1) is 0 Å².